The average molecular weight is 1260 g/mol. The largest absolute Gasteiger partial charge is 0.448 e. The minimum atomic E-state index is -2.05. The first-order valence-corrected chi connectivity index (χ1v) is 34.2. The van der Waals surface area contributed by atoms with Gasteiger partial charge in [0, 0.05) is 41.4 Å². The number of nitrogens with one attached hydrogen (secondary N) is 1. The van der Waals surface area contributed by atoms with Gasteiger partial charge in [0.2, 0.25) is 12.2 Å². The van der Waals surface area contributed by atoms with E-state index in [-0.39, 0.29) is 157 Å². The molecule has 0 bridgehead atoms. The van der Waals surface area contributed by atoms with Crippen LogP contribution in [0.4, 0.5) is 0 Å². The van der Waals surface area contributed by atoms with Gasteiger partial charge >= 0.3 is 0 Å². The van der Waals surface area contributed by atoms with Crippen LogP contribution in [0.15, 0.2) is 0 Å². The van der Waals surface area contributed by atoms with Crippen LogP contribution >= 0.6 is 34.8 Å². The number of hydrogen-bond donors (Lipinski definition) is 2. The van der Waals surface area contributed by atoms with Gasteiger partial charge in [-0.15, -0.1) is 0 Å². The van der Waals surface area contributed by atoms with E-state index >= 15 is 0 Å². The Bertz CT molecular complexity index is 2020. The summed E-state index contributed by atoms with van der Waals surface area (Å²) < 4.78 is 93.4. The molecule has 35 atom stereocenters. The van der Waals surface area contributed by atoms with Gasteiger partial charge in [-0.3, -0.25) is 5.41 Å². The third-order valence-corrected chi connectivity index (χ3v) is 23.0. The highest BCUT2D eigenvalue weighted by atomic mass is 35.6. The summed E-state index contributed by atoms with van der Waals surface area (Å²) in [5.74, 6) is 0.857. The molecular formula is C65H114Cl3NO15. The lowest BCUT2D eigenvalue weighted by Crippen LogP contribution is -2.60. The molecule has 0 aromatic carbocycles. The Morgan fingerprint density at radius 1 is 0.310 bits per heavy atom. The molecule has 15 unspecified atom stereocenters. The van der Waals surface area contributed by atoms with Gasteiger partial charge in [0.25, 0.3) is 3.79 Å². The summed E-state index contributed by atoms with van der Waals surface area (Å²) in [6, 6.07) is 0. The molecule has 84 heavy (non-hydrogen) atoms. The zero-order valence-corrected chi connectivity index (χ0v) is 57.2. The summed E-state index contributed by atoms with van der Waals surface area (Å²) in [5, 5.41) is 18.6. The fourth-order valence-electron chi connectivity index (χ4n) is 14.8. The van der Waals surface area contributed by atoms with Gasteiger partial charge in [0.1, 0.15) is 6.10 Å². The predicted molar refractivity (Wildman–Crippen MR) is 325 cm³/mol. The fourth-order valence-corrected chi connectivity index (χ4v) is 14.9. The van der Waals surface area contributed by atoms with Crippen LogP contribution < -0.4 is 0 Å². The molecule has 7 aliphatic heterocycles. The van der Waals surface area contributed by atoms with Gasteiger partial charge in [-0.05, 0) is 85.9 Å². The predicted octanol–water partition coefficient (Wildman–Crippen LogP) is 13.7. The molecule has 7 heterocycles. The smallest absolute Gasteiger partial charge is 0.265 e. The van der Waals surface area contributed by atoms with Crippen LogP contribution in [0.3, 0.4) is 0 Å². The van der Waals surface area contributed by atoms with E-state index in [1.165, 1.54) is 0 Å². The van der Waals surface area contributed by atoms with Crippen molar-refractivity contribution >= 4 is 40.7 Å². The lowest BCUT2D eigenvalue weighted by Gasteiger charge is -2.52. The van der Waals surface area contributed by atoms with Crippen molar-refractivity contribution in [1.82, 2.24) is 0 Å². The molecule has 16 nitrogen and oxygen atoms in total. The van der Waals surface area contributed by atoms with Crippen molar-refractivity contribution in [2.24, 2.45) is 88.8 Å². The normalized spacial score (nSPS) is 50.7. The second-order valence-electron chi connectivity index (χ2n) is 27.4. The van der Waals surface area contributed by atoms with E-state index in [1.807, 2.05) is 13.8 Å². The zero-order chi connectivity index (χ0) is 62.1. The van der Waals surface area contributed by atoms with E-state index in [9.17, 15) is 5.11 Å². The number of alkyl halides is 3. The number of aliphatic hydroxyl groups excluding tert-OH is 1. The first-order valence-electron chi connectivity index (χ1n) is 33.0. The van der Waals surface area contributed by atoms with E-state index in [0.717, 1.165) is 32.1 Å². The highest BCUT2D eigenvalue weighted by Gasteiger charge is 2.55. The highest BCUT2D eigenvalue weighted by Crippen LogP contribution is 2.48. The van der Waals surface area contributed by atoms with Gasteiger partial charge in [-0.25, -0.2) is 0 Å². The summed E-state index contributed by atoms with van der Waals surface area (Å²) >= 11 is 17.8. The monoisotopic (exact) mass is 1250 g/mol. The third kappa shape index (κ3) is 15.1. The fraction of sp³-hybridized carbons (Fsp3) is 0.985. The molecule has 19 heteroatoms. The molecule has 2 N–H and O–H groups in total. The van der Waals surface area contributed by atoms with Crippen LogP contribution in [0.2, 0.25) is 0 Å². The lowest BCUT2D eigenvalue weighted by molar-refractivity contribution is -0.370. The van der Waals surface area contributed by atoms with Gasteiger partial charge < -0.3 is 71.4 Å². The molecule has 7 aliphatic rings. The minimum Gasteiger partial charge on any atom is -0.448 e. The molecule has 7 rings (SSSR count). The van der Waals surface area contributed by atoms with Crippen molar-refractivity contribution in [2.45, 2.75) is 311 Å². The Morgan fingerprint density at radius 2 is 0.512 bits per heavy atom. The van der Waals surface area contributed by atoms with Crippen molar-refractivity contribution in [3.05, 3.63) is 0 Å². The van der Waals surface area contributed by atoms with Crippen molar-refractivity contribution in [3.8, 4) is 0 Å². The molecule has 7 saturated heterocycles. The minimum absolute atomic E-state index is 0.0128. The van der Waals surface area contributed by atoms with Crippen molar-refractivity contribution in [2.75, 3.05) is 6.61 Å². The van der Waals surface area contributed by atoms with E-state index in [2.05, 4.69) is 132 Å². The summed E-state index contributed by atoms with van der Waals surface area (Å²) in [5.41, 5.74) is 0. The first-order chi connectivity index (χ1) is 39.6. The SMILES string of the molecule is CCC1O[C@@H](O[C@@H]2C(CC)O[C@@H](O[C@H]3C(C)C(C)C(OC(=N)C(Cl)(Cl)Cl)O[C@H]3CO)[C@@H](C)C2C)[C@@H](C)C(C)[C@@H]1O[C@@H]1O[C@@H](CC)[C@@H](O[C@H]2O[C@@H](CC)[C@@H](O[C@@H]3OC(CC)[C@@H](O[C@@H]4OC(CC)[C@@H](C)[C@H](C)C4C)C(C)[C@@H]3C)C(C)C2C)C(C)C1C. The summed E-state index contributed by atoms with van der Waals surface area (Å²) in [7, 11) is 0. The molecule has 0 aromatic rings. The van der Waals surface area contributed by atoms with Crippen molar-refractivity contribution in [1.29, 1.82) is 5.41 Å². The number of ether oxygens (including phenoxy) is 14. The van der Waals surface area contributed by atoms with Crippen molar-refractivity contribution < 1.29 is 71.4 Å². The molecule has 0 aromatic heterocycles. The summed E-state index contributed by atoms with van der Waals surface area (Å²) in [4.78, 5) is 0. The van der Waals surface area contributed by atoms with Crippen LogP contribution in [0.1, 0.15) is 184 Å². The molecule has 0 radical (unpaired) electrons. The van der Waals surface area contributed by atoms with E-state index in [0.29, 0.717) is 18.3 Å². The van der Waals surface area contributed by atoms with Crippen LogP contribution in [-0.4, -0.2) is 145 Å². The van der Waals surface area contributed by atoms with Gasteiger partial charge in [-0.1, -0.05) is 180 Å². The lowest BCUT2D eigenvalue weighted by atomic mass is 9.78. The van der Waals surface area contributed by atoms with Crippen LogP contribution in [0, 0.1) is 94.2 Å². The van der Waals surface area contributed by atoms with Gasteiger partial charge in [0.15, 0.2) is 37.7 Å². The van der Waals surface area contributed by atoms with Crippen LogP contribution in [0.25, 0.3) is 0 Å². The van der Waals surface area contributed by atoms with Crippen molar-refractivity contribution in [3.63, 3.8) is 0 Å². The number of hydrogen-bond acceptors (Lipinski definition) is 16. The summed E-state index contributed by atoms with van der Waals surface area (Å²) in [6.45, 7) is 45.8. The topological polar surface area (TPSA) is 173 Å². The molecular weight excluding hydrogens is 1140 g/mol. The molecule has 0 saturated carbocycles. The first kappa shape index (κ1) is 71.2. The quantitative estimate of drug-likeness (QED) is 0.0669. The second kappa shape index (κ2) is 30.5. The summed E-state index contributed by atoms with van der Waals surface area (Å²) in [6.07, 6.45) is -1.98. The maximum absolute atomic E-state index is 10.5. The Kier molecular flexibility index (Phi) is 25.8. The van der Waals surface area contributed by atoms with Gasteiger partial charge in [0.05, 0.1) is 79.9 Å². The Morgan fingerprint density at radius 3 is 0.738 bits per heavy atom. The molecule has 0 amide bonds. The maximum Gasteiger partial charge on any atom is 0.265 e. The van der Waals surface area contributed by atoms with Gasteiger partial charge in [-0.2, -0.15) is 0 Å². The Balaban J connectivity index is 0.940. The Hall–Kier alpha value is -0.220. The highest BCUT2D eigenvalue weighted by molar-refractivity contribution is 6.76. The van der Waals surface area contributed by atoms with E-state index in [4.69, 9.17) is 107 Å². The maximum atomic E-state index is 10.5. The number of halogens is 3. The van der Waals surface area contributed by atoms with Crippen LogP contribution in [-0.2, 0) is 66.3 Å². The molecule has 0 aliphatic carbocycles. The number of aliphatic hydroxyl groups is 1. The Labute approximate surface area is 521 Å². The zero-order valence-electron chi connectivity index (χ0n) is 55.0. The third-order valence-electron chi connectivity index (χ3n) is 22.5. The van der Waals surface area contributed by atoms with Crippen LogP contribution in [0.5, 0.6) is 0 Å². The molecule has 7 fully saturated rings. The number of rotatable bonds is 20. The standard InChI is InChI=1S/C65H114Cl3NO15/c1-22-44-30(8)29(7)37(15)57(71-44)78-51-31(9)38(16)58(72-45(51)23-2)79-52-32(10)39(17)59(73-46(52)24-3)80-53-33(11)40(18)60(74-47(53)25-4)81-54-34(12)41(19)61(75-48(54)26-5)82-55-35(13)42(20)62(76-49(55)27-6)83-56-36(14)43(21)63(77-50(56)28-70)84-64(69)65(66,67)68/h29-63,69-70H,22-28H2,1-21H3/t29-,30-,31?,32?,33?,34?,35?,36?,37?,38-,39?,40?,41-,42-,43?,44?,45?,46-,47-,48?,49?,50-,51-,52-,53-,54-,55-,56-,57-,58-,59+,60-,61-,62-,63?/m0/s1. The van der Waals surface area contributed by atoms with E-state index < -0.39 is 59.6 Å². The molecule has 0 spiro atoms. The molecule has 490 valence electrons. The average Bonchev–Trinajstić information content (AvgIpc) is 1.76. The second-order valence-corrected chi connectivity index (χ2v) is 29.6. The van der Waals surface area contributed by atoms with E-state index in [1.54, 1.807) is 0 Å².